The Morgan fingerprint density at radius 3 is 3.11 bits per heavy atom. The molecule has 1 aromatic rings. The number of carbonyl (C=O) groups is 1. The van der Waals surface area contributed by atoms with Crippen molar-refractivity contribution in [3.8, 4) is 0 Å². The van der Waals surface area contributed by atoms with Gasteiger partial charge in [0, 0.05) is 19.9 Å². The molecule has 0 bridgehead atoms. The number of carbonyl (C=O) groups excluding carboxylic acids is 1. The number of amides is 1. The van der Waals surface area contributed by atoms with Crippen molar-refractivity contribution in [3.05, 3.63) is 11.9 Å². The predicted molar refractivity (Wildman–Crippen MR) is 69.4 cm³/mol. The van der Waals surface area contributed by atoms with Crippen LogP contribution in [-0.2, 0) is 23.0 Å². The molecule has 18 heavy (non-hydrogen) atoms. The second kappa shape index (κ2) is 5.52. The van der Waals surface area contributed by atoms with Gasteiger partial charge in [0.1, 0.15) is 0 Å². The molecule has 0 aromatic carbocycles. The first-order valence-corrected chi connectivity index (χ1v) is 6.56. The normalized spacial score (nSPS) is 23.9. The molecular formula is C13H21N3O2. The Balaban J connectivity index is 2.05. The van der Waals surface area contributed by atoms with Gasteiger partial charge in [-0.15, -0.1) is 0 Å². The summed E-state index contributed by atoms with van der Waals surface area (Å²) in [5.74, 6) is -0.00596. The summed E-state index contributed by atoms with van der Waals surface area (Å²) in [6.45, 7) is 4.76. The van der Waals surface area contributed by atoms with Gasteiger partial charge < -0.3 is 10.1 Å². The highest BCUT2D eigenvalue weighted by molar-refractivity contribution is 5.93. The number of nitrogens with zero attached hydrogens (tertiary/aromatic N) is 2. The molecule has 0 saturated carbocycles. The molecule has 5 heteroatoms. The highest BCUT2D eigenvalue weighted by Crippen LogP contribution is 2.23. The van der Waals surface area contributed by atoms with Crippen LogP contribution in [0.4, 0.5) is 5.69 Å². The number of anilines is 1. The maximum Gasteiger partial charge on any atom is 0.230 e. The van der Waals surface area contributed by atoms with Crippen LogP contribution in [0.3, 0.4) is 0 Å². The summed E-state index contributed by atoms with van der Waals surface area (Å²) in [4.78, 5) is 12.2. The Kier molecular flexibility index (Phi) is 4.01. The molecule has 5 nitrogen and oxygen atoms in total. The van der Waals surface area contributed by atoms with Gasteiger partial charge in [0.25, 0.3) is 0 Å². The maximum atomic E-state index is 12.2. The van der Waals surface area contributed by atoms with E-state index in [0.717, 1.165) is 37.3 Å². The lowest BCUT2D eigenvalue weighted by Gasteiger charge is -2.27. The van der Waals surface area contributed by atoms with Gasteiger partial charge in [0.15, 0.2) is 0 Å². The van der Waals surface area contributed by atoms with Crippen LogP contribution in [-0.4, -0.2) is 28.4 Å². The summed E-state index contributed by atoms with van der Waals surface area (Å²) in [7, 11) is 1.86. The third-order valence-electron chi connectivity index (χ3n) is 3.44. The van der Waals surface area contributed by atoms with Gasteiger partial charge in [-0.3, -0.25) is 9.48 Å². The van der Waals surface area contributed by atoms with Crippen molar-refractivity contribution >= 4 is 11.6 Å². The van der Waals surface area contributed by atoms with Gasteiger partial charge in [0.05, 0.1) is 23.4 Å². The average molecular weight is 251 g/mol. The number of aryl methyl sites for hydroxylation is 2. The molecule has 0 spiro atoms. The van der Waals surface area contributed by atoms with Crippen molar-refractivity contribution in [2.45, 2.75) is 39.2 Å². The Bertz CT molecular complexity index is 428. The molecule has 1 aromatic heterocycles. The van der Waals surface area contributed by atoms with Gasteiger partial charge in [-0.1, -0.05) is 6.92 Å². The molecule has 2 heterocycles. The van der Waals surface area contributed by atoms with Crippen molar-refractivity contribution in [2.75, 3.05) is 11.9 Å². The van der Waals surface area contributed by atoms with E-state index in [1.54, 1.807) is 4.68 Å². The molecule has 1 aliphatic rings. The van der Waals surface area contributed by atoms with Crippen LogP contribution in [0.15, 0.2) is 6.20 Å². The summed E-state index contributed by atoms with van der Waals surface area (Å²) in [5, 5.41) is 7.30. The molecule has 1 saturated heterocycles. The summed E-state index contributed by atoms with van der Waals surface area (Å²) < 4.78 is 7.26. The third kappa shape index (κ3) is 2.72. The van der Waals surface area contributed by atoms with Gasteiger partial charge in [-0.2, -0.15) is 5.10 Å². The molecule has 0 unspecified atom stereocenters. The Hall–Kier alpha value is -1.36. The van der Waals surface area contributed by atoms with Crippen LogP contribution in [0.2, 0.25) is 0 Å². The summed E-state index contributed by atoms with van der Waals surface area (Å²) in [6.07, 6.45) is 4.52. The minimum Gasteiger partial charge on any atom is -0.378 e. The summed E-state index contributed by atoms with van der Waals surface area (Å²) >= 11 is 0. The molecular weight excluding hydrogens is 230 g/mol. The first-order valence-electron chi connectivity index (χ1n) is 6.56. The fourth-order valence-electron chi connectivity index (χ4n) is 2.39. The van der Waals surface area contributed by atoms with Crippen LogP contribution >= 0.6 is 0 Å². The SMILES string of the molecule is CCc1nn(C)cc1NC(=O)[C@@H]1CCCO[C@@H]1C. The Morgan fingerprint density at radius 1 is 1.67 bits per heavy atom. The van der Waals surface area contributed by atoms with E-state index in [-0.39, 0.29) is 17.9 Å². The molecule has 1 amide bonds. The zero-order chi connectivity index (χ0) is 13.1. The van der Waals surface area contributed by atoms with Crippen LogP contribution in [0.5, 0.6) is 0 Å². The molecule has 100 valence electrons. The largest absolute Gasteiger partial charge is 0.378 e. The lowest BCUT2D eigenvalue weighted by Crippen LogP contribution is -2.36. The molecule has 0 aliphatic carbocycles. The standard InChI is InChI=1S/C13H21N3O2/c1-4-11-12(8-16(3)15-11)14-13(17)10-6-5-7-18-9(10)2/h8-10H,4-7H2,1-3H3,(H,14,17)/t9-,10-/m1/s1. The number of ether oxygens (including phenoxy) is 1. The summed E-state index contributed by atoms with van der Waals surface area (Å²) in [5.41, 5.74) is 1.75. The van der Waals surface area contributed by atoms with E-state index in [0.29, 0.717) is 0 Å². The van der Waals surface area contributed by atoms with Crippen molar-refractivity contribution < 1.29 is 9.53 Å². The van der Waals surface area contributed by atoms with Gasteiger partial charge in [0.2, 0.25) is 5.91 Å². The number of hydrogen-bond donors (Lipinski definition) is 1. The third-order valence-corrected chi connectivity index (χ3v) is 3.44. The molecule has 1 fully saturated rings. The highest BCUT2D eigenvalue weighted by atomic mass is 16.5. The van der Waals surface area contributed by atoms with Crippen LogP contribution < -0.4 is 5.32 Å². The van der Waals surface area contributed by atoms with Crippen LogP contribution in [0, 0.1) is 5.92 Å². The van der Waals surface area contributed by atoms with E-state index in [2.05, 4.69) is 10.4 Å². The van der Waals surface area contributed by atoms with Gasteiger partial charge in [-0.05, 0) is 26.2 Å². The molecule has 1 N–H and O–H groups in total. The van der Waals surface area contributed by atoms with Crippen LogP contribution in [0.25, 0.3) is 0 Å². The minimum absolute atomic E-state index is 0.000461. The predicted octanol–water partition coefficient (Wildman–Crippen LogP) is 1.74. The molecule has 1 aliphatic heterocycles. The Labute approximate surface area is 108 Å². The molecule has 2 atom stereocenters. The van der Waals surface area contributed by atoms with E-state index in [1.165, 1.54) is 0 Å². The van der Waals surface area contributed by atoms with E-state index in [4.69, 9.17) is 4.74 Å². The number of rotatable bonds is 3. The highest BCUT2D eigenvalue weighted by Gasteiger charge is 2.29. The van der Waals surface area contributed by atoms with Crippen molar-refractivity contribution in [1.29, 1.82) is 0 Å². The topological polar surface area (TPSA) is 56.2 Å². The first kappa shape index (κ1) is 13.1. The fourth-order valence-corrected chi connectivity index (χ4v) is 2.39. The zero-order valence-electron chi connectivity index (χ0n) is 11.3. The van der Waals surface area contributed by atoms with Crippen molar-refractivity contribution in [1.82, 2.24) is 9.78 Å². The van der Waals surface area contributed by atoms with Crippen LogP contribution in [0.1, 0.15) is 32.4 Å². The molecule has 0 radical (unpaired) electrons. The first-order chi connectivity index (χ1) is 8.61. The minimum atomic E-state index is -0.0522. The lowest BCUT2D eigenvalue weighted by molar-refractivity contribution is -0.127. The van der Waals surface area contributed by atoms with E-state index in [9.17, 15) is 4.79 Å². The van der Waals surface area contributed by atoms with E-state index in [1.807, 2.05) is 27.1 Å². The quantitative estimate of drug-likeness (QED) is 0.890. The van der Waals surface area contributed by atoms with E-state index < -0.39 is 0 Å². The van der Waals surface area contributed by atoms with Crippen molar-refractivity contribution in [2.24, 2.45) is 13.0 Å². The van der Waals surface area contributed by atoms with E-state index >= 15 is 0 Å². The second-order valence-electron chi connectivity index (χ2n) is 4.83. The number of hydrogen-bond acceptors (Lipinski definition) is 3. The zero-order valence-corrected chi connectivity index (χ0v) is 11.3. The lowest BCUT2D eigenvalue weighted by atomic mass is 9.94. The summed E-state index contributed by atoms with van der Waals surface area (Å²) in [6, 6.07) is 0. The fraction of sp³-hybridized carbons (Fsp3) is 0.692. The monoisotopic (exact) mass is 251 g/mol. The Morgan fingerprint density at radius 2 is 2.44 bits per heavy atom. The smallest absolute Gasteiger partial charge is 0.230 e. The maximum absolute atomic E-state index is 12.2. The number of aromatic nitrogens is 2. The number of nitrogens with one attached hydrogen (secondary N) is 1. The second-order valence-corrected chi connectivity index (χ2v) is 4.83. The van der Waals surface area contributed by atoms with Crippen molar-refractivity contribution in [3.63, 3.8) is 0 Å². The van der Waals surface area contributed by atoms with Gasteiger partial charge >= 0.3 is 0 Å². The van der Waals surface area contributed by atoms with Gasteiger partial charge in [-0.25, -0.2) is 0 Å². The average Bonchev–Trinajstić information content (AvgIpc) is 2.70. The molecule has 2 rings (SSSR count).